The van der Waals surface area contributed by atoms with Crippen molar-refractivity contribution < 1.29 is 23.5 Å². The zero-order valence-corrected chi connectivity index (χ0v) is 10.6. The predicted molar refractivity (Wildman–Crippen MR) is 67.3 cm³/mol. The van der Waals surface area contributed by atoms with Gasteiger partial charge in [0, 0.05) is 25.6 Å². The van der Waals surface area contributed by atoms with E-state index < -0.39 is 23.6 Å². The molecule has 20 heavy (non-hydrogen) atoms. The number of likely N-dealkylation sites (tertiary alicyclic amines) is 1. The van der Waals surface area contributed by atoms with Crippen LogP contribution in [0.3, 0.4) is 0 Å². The minimum Gasteiger partial charge on any atom is -0.481 e. The van der Waals surface area contributed by atoms with E-state index in [1.54, 1.807) is 0 Å². The lowest BCUT2D eigenvalue weighted by Crippen LogP contribution is -2.33. The first-order chi connectivity index (χ1) is 9.45. The lowest BCUT2D eigenvalue weighted by Gasteiger charge is -2.17. The number of carboxylic acids is 1. The molecular formula is C13H14F2N2O3. The first-order valence-electron chi connectivity index (χ1n) is 6.18. The van der Waals surface area contributed by atoms with Crippen molar-refractivity contribution in [3.63, 3.8) is 0 Å². The van der Waals surface area contributed by atoms with Crippen molar-refractivity contribution in [1.82, 2.24) is 4.90 Å². The lowest BCUT2D eigenvalue weighted by atomic mass is 10.1. The fourth-order valence-corrected chi connectivity index (χ4v) is 2.22. The molecular weight excluding hydrogens is 270 g/mol. The summed E-state index contributed by atoms with van der Waals surface area (Å²) in [6, 6.07) is 2.37. The van der Waals surface area contributed by atoms with Crippen molar-refractivity contribution >= 4 is 17.7 Å². The van der Waals surface area contributed by atoms with Gasteiger partial charge in [-0.05, 0) is 24.5 Å². The number of urea groups is 1. The van der Waals surface area contributed by atoms with Gasteiger partial charge >= 0.3 is 12.0 Å². The van der Waals surface area contributed by atoms with E-state index in [1.807, 2.05) is 0 Å². The molecule has 1 aliphatic heterocycles. The topological polar surface area (TPSA) is 69.6 Å². The molecule has 1 unspecified atom stereocenters. The van der Waals surface area contributed by atoms with Gasteiger partial charge in [-0.2, -0.15) is 0 Å². The number of hydrogen-bond donors (Lipinski definition) is 2. The Morgan fingerprint density at radius 3 is 2.80 bits per heavy atom. The summed E-state index contributed by atoms with van der Waals surface area (Å²) in [6.07, 6.45) is 0.611. The normalized spacial score (nSPS) is 18.1. The molecule has 1 fully saturated rings. The highest BCUT2D eigenvalue weighted by molar-refractivity contribution is 5.89. The summed E-state index contributed by atoms with van der Waals surface area (Å²) in [7, 11) is 0. The molecule has 1 aromatic carbocycles. The van der Waals surface area contributed by atoms with Crippen LogP contribution in [0.2, 0.25) is 0 Å². The Bertz CT molecular complexity index is 536. The number of carbonyl (C=O) groups is 2. The Labute approximate surface area is 114 Å². The number of carboxylic acid groups (broad SMARTS) is 1. The van der Waals surface area contributed by atoms with Gasteiger partial charge < -0.3 is 15.3 Å². The molecule has 2 N–H and O–H groups in total. The first kappa shape index (κ1) is 14.2. The summed E-state index contributed by atoms with van der Waals surface area (Å²) < 4.78 is 26.1. The molecule has 0 aromatic heterocycles. The van der Waals surface area contributed by atoms with Crippen LogP contribution in [0.25, 0.3) is 0 Å². The van der Waals surface area contributed by atoms with E-state index in [9.17, 15) is 18.4 Å². The minimum absolute atomic E-state index is 0.00862. The maximum absolute atomic E-state index is 13.4. The standard InChI is InChI=1S/C13H14F2N2O3/c14-9-1-2-11(10(15)6-9)16-13(20)17-4-3-8(7-17)5-12(18)19/h1-2,6,8H,3-5,7H2,(H,16,20)(H,18,19). The molecule has 2 rings (SSSR count). The molecule has 0 aliphatic carbocycles. The van der Waals surface area contributed by atoms with Gasteiger partial charge in [0.1, 0.15) is 11.6 Å². The molecule has 1 saturated heterocycles. The SMILES string of the molecule is O=C(O)CC1CCN(C(=O)Nc2ccc(F)cc2F)C1. The maximum atomic E-state index is 13.4. The fourth-order valence-electron chi connectivity index (χ4n) is 2.22. The van der Waals surface area contributed by atoms with E-state index in [2.05, 4.69) is 5.32 Å². The maximum Gasteiger partial charge on any atom is 0.321 e. The van der Waals surface area contributed by atoms with Gasteiger partial charge in [0.05, 0.1) is 5.69 Å². The van der Waals surface area contributed by atoms with E-state index in [4.69, 9.17) is 5.11 Å². The van der Waals surface area contributed by atoms with Crippen LogP contribution in [0.1, 0.15) is 12.8 Å². The summed E-state index contributed by atoms with van der Waals surface area (Å²) in [6.45, 7) is 0.744. The molecule has 7 heteroatoms. The molecule has 1 aliphatic rings. The number of rotatable bonds is 3. The summed E-state index contributed by atoms with van der Waals surface area (Å²) in [5.41, 5.74) is -0.0990. The smallest absolute Gasteiger partial charge is 0.321 e. The second-order valence-electron chi connectivity index (χ2n) is 4.75. The number of amides is 2. The third-order valence-electron chi connectivity index (χ3n) is 3.21. The first-order valence-corrected chi connectivity index (χ1v) is 6.18. The molecule has 5 nitrogen and oxygen atoms in total. The van der Waals surface area contributed by atoms with Crippen LogP contribution in [-0.4, -0.2) is 35.1 Å². The van der Waals surface area contributed by atoms with Gasteiger partial charge in [-0.1, -0.05) is 0 Å². The third-order valence-corrected chi connectivity index (χ3v) is 3.21. The van der Waals surface area contributed by atoms with E-state index in [0.29, 0.717) is 25.6 Å². The van der Waals surface area contributed by atoms with Gasteiger partial charge in [-0.3, -0.25) is 4.79 Å². The Morgan fingerprint density at radius 2 is 2.15 bits per heavy atom. The number of halogens is 2. The highest BCUT2D eigenvalue weighted by Gasteiger charge is 2.28. The van der Waals surface area contributed by atoms with Gasteiger partial charge in [0.15, 0.2) is 0 Å². The monoisotopic (exact) mass is 284 g/mol. The average Bonchev–Trinajstić information content (AvgIpc) is 2.80. The van der Waals surface area contributed by atoms with Crippen LogP contribution in [-0.2, 0) is 4.79 Å². The Kier molecular flexibility index (Phi) is 4.16. The predicted octanol–water partition coefficient (Wildman–Crippen LogP) is 2.29. The summed E-state index contributed by atoms with van der Waals surface area (Å²) in [4.78, 5) is 23.9. The molecule has 1 heterocycles. The number of nitrogens with one attached hydrogen (secondary N) is 1. The molecule has 1 atom stereocenters. The zero-order chi connectivity index (χ0) is 14.7. The van der Waals surface area contributed by atoms with Gasteiger partial charge in [-0.25, -0.2) is 13.6 Å². The molecule has 0 saturated carbocycles. The minimum atomic E-state index is -0.901. The van der Waals surface area contributed by atoms with Crippen LogP contribution < -0.4 is 5.32 Å². The molecule has 2 amide bonds. The van der Waals surface area contributed by atoms with Crippen LogP contribution in [0.5, 0.6) is 0 Å². The summed E-state index contributed by atoms with van der Waals surface area (Å²) in [5.74, 6) is -2.55. The van der Waals surface area contributed by atoms with Crippen molar-refractivity contribution in [2.24, 2.45) is 5.92 Å². The van der Waals surface area contributed by atoms with Crippen LogP contribution >= 0.6 is 0 Å². The molecule has 0 bridgehead atoms. The van der Waals surface area contributed by atoms with E-state index in [-0.39, 0.29) is 18.0 Å². The van der Waals surface area contributed by atoms with Crippen LogP contribution in [0, 0.1) is 17.6 Å². The van der Waals surface area contributed by atoms with Crippen molar-refractivity contribution in [2.45, 2.75) is 12.8 Å². The fraction of sp³-hybridized carbons (Fsp3) is 0.385. The number of anilines is 1. The second kappa shape index (κ2) is 5.85. The quantitative estimate of drug-likeness (QED) is 0.894. The van der Waals surface area contributed by atoms with E-state index in [0.717, 1.165) is 12.1 Å². The molecule has 1 aromatic rings. The Morgan fingerprint density at radius 1 is 1.40 bits per heavy atom. The van der Waals surface area contributed by atoms with Crippen molar-refractivity contribution in [2.75, 3.05) is 18.4 Å². The van der Waals surface area contributed by atoms with Crippen LogP contribution in [0.15, 0.2) is 18.2 Å². The highest BCUT2D eigenvalue weighted by Crippen LogP contribution is 2.21. The molecule has 0 radical (unpaired) electrons. The number of hydrogen-bond acceptors (Lipinski definition) is 2. The number of aliphatic carboxylic acids is 1. The van der Waals surface area contributed by atoms with Crippen LogP contribution in [0.4, 0.5) is 19.3 Å². The summed E-state index contributed by atoms with van der Waals surface area (Å²) >= 11 is 0. The van der Waals surface area contributed by atoms with Crippen molar-refractivity contribution in [3.8, 4) is 0 Å². The van der Waals surface area contributed by atoms with Gasteiger partial charge in [0.25, 0.3) is 0 Å². The lowest BCUT2D eigenvalue weighted by molar-refractivity contribution is -0.138. The van der Waals surface area contributed by atoms with Gasteiger partial charge in [0.2, 0.25) is 0 Å². The van der Waals surface area contributed by atoms with E-state index in [1.165, 1.54) is 4.90 Å². The van der Waals surface area contributed by atoms with E-state index >= 15 is 0 Å². The number of benzene rings is 1. The highest BCUT2D eigenvalue weighted by atomic mass is 19.1. The Balaban J connectivity index is 1.94. The second-order valence-corrected chi connectivity index (χ2v) is 4.75. The third kappa shape index (κ3) is 3.43. The number of carbonyl (C=O) groups excluding carboxylic acids is 1. The zero-order valence-electron chi connectivity index (χ0n) is 10.6. The average molecular weight is 284 g/mol. The van der Waals surface area contributed by atoms with Crippen molar-refractivity contribution in [1.29, 1.82) is 0 Å². The van der Waals surface area contributed by atoms with Gasteiger partial charge in [-0.15, -0.1) is 0 Å². The van der Waals surface area contributed by atoms with Crippen molar-refractivity contribution in [3.05, 3.63) is 29.8 Å². The largest absolute Gasteiger partial charge is 0.481 e. The number of nitrogens with zero attached hydrogens (tertiary/aromatic N) is 1. The summed E-state index contributed by atoms with van der Waals surface area (Å²) in [5, 5.41) is 11.0. The molecule has 0 spiro atoms. The molecule has 108 valence electrons. The Hall–Kier alpha value is -2.18.